The summed E-state index contributed by atoms with van der Waals surface area (Å²) in [7, 11) is 3.01. The zero-order valence-electron chi connectivity index (χ0n) is 18.6. The monoisotopic (exact) mass is 433 g/mol. The van der Waals surface area contributed by atoms with Gasteiger partial charge in [-0.2, -0.15) is 0 Å². The highest BCUT2D eigenvalue weighted by Crippen LogP contribution is 2.37. The Morgan fingerprint density at radius 3 is 2.47 bits per heavy atom. The third-order valence-corrected chi connectivity index (χ3v) is 6.09. The molecule has 0 atom stereocenters. The van der Waals surface area contributed by atoms with Gasteiger partial charge in [0.25, 0.3) is 0 Å². The van der Waals surface area contributed by atoms with E-state index in [0.29, 0.717) is 31.7 Å². The first-order valence-corrected chi connectivity index (χ1v) is 10.7. The predicted molar refractivity (Wildman–Crippen MR) is 123 cm³/mol. The number of allylic oxidation sites excluding steroid dienone is 1. The molecule has 1 saturated heterocycles. The van der Waals surface area contributed by atoms with Gasteiger partial charge < -0.3 is 18.8 Å². The molecule has 2 heterocycles. The number of nitrogens with zero attached hydrogens (tertiary/aromatic N) is 1. The number of piperidine rings is 1. The molecule has 6 heteroatoms. The van der Waals surface area contributed by atoms with E-state index in [1.165, 1.54) is 7.11 Å². The summed E-state index contributed by atoms with van der Waals surface area (Å²) in [5.41, 5.74) is 4.44. The molecule has 32 heavy (non-hydrogen) atoms. The molecule has 0 N–H and O–H groups in total. The van der Waals surface area contributed by atoms with Gasteiger partial charge in [-0.05, 0) is 37.0 Å². The topological polar surface area (TPSA) is 69.0 Å². The molecule has 2 aromatic carbocycles. The molecule has 1 aromatic heterocycles. The number of carbonyl (C=O) groups excluding carboxylic acids is 2. The quantitative estimate of drug-likeness (QED) is 0.422. The third-order valence-electron chi connectivity index (χ3n) is 6.09. The second-order valence-electron chi connectivity index (χ2n) is 8.01. The number of methoxy groups -OCH3 is 2. The van der Waals surface area contributed by atoms with Gasteiger partial charge in [0.2, 0.25) is 5.91 Å². The van der Waals surface area contributed by atoms with Crippen LogP contribution in [0.25, 0.3) is 27.7 Å². The first-order valence-electron chi connectivity index (χ1n) is 10.7. The Bertz CT molecular complexity index is 1150. The fourth-order valence-corrected chi connectivity index (χ4v) is 4.23. The van der Waals surface area contributed by atoms with Gasteiger partial charge in [-0.3, -0.25) is 9.59 Å². The molecule has 1 aliphatic rings. The molecule has 0 saturated carbocycles. The van der Waals surface area contributed by atoms with E-state index in [-0.39, 0.29) is 17.8 Å². The fraction of sp³-hybridized carbons (Fsp3) is 0.308. The van der Waals surface area contributed by atoms with Crippen LogP contribution in [0, 0.1) is 5.92 Å². The van der Waals surface area contributed by atoms with Gasteiger partial charge >= 0.3 is 5.97 Å². The zero-order valence-corrected chi connectivity index (χ0v) is 18.6. The minimum Gasteiger partial charge on any atom is -0.496 e. The number of likely N-dealkylation sites (tertiary alicyclic amines) is 1. The van der Waals surface area contributed by atoms with Crippen molar-refractivity contribution in [3.8, 4) is 16.9 Å². The van der Waals surface area contributed by atoms with E-state index in [1.807, 2.05) is 49.4 Å². The average molecular weight is 434 g/mol. The summed E-state index contributed by atoms with van der Waals surface area (Å²) < 4.78 is 16.2. The number of esters is 1. The highest BCUT2D eigenvalue weighted by molar-refractivity contribution is 6.00. The van der Waals surface area contributed by atoms with Gasteiger partial charge in [0.15, 0.2) is 0 Å². The highest BCUT2D eigenvalue weighted by atomic mass is 16.5. The fourth-order valence-electron chi connectivity index (χ4n) is 4.23. The summed E-state index contributed by atoms with van der Waals surface area (Å²) in [4.78, 5) is 26.4. The summed E-state index contributed by atoms with van der Waals surface area (Å²) in [6.45, 7) is 2.99. The number of fused-ring (bicyclic) bond motifs is 1. The molecule has 0 spiro atoms. The van der Waals surface area contributed by atoms with Crippen molar-refractivity contribution in [2.24, 2.45) is 5.92 Å². The Kier molecular flexibility index (Phi) is 6.30. The maximum atomic E-state index is 12.9. The predicted octanol–water partition coefficient (Wildman–Crippen LogP) is 4.92. The number of amides is 1. The van der Waals surface area contributed by atoms with Crippen molar-refractivity contribution < 1.29 is 23.5 Å². The van der Waals surface area contributed by atoms with Crippen LogP contribution in [-0.4, -0.2) is 44.1 Å². The zero-order chi connectivity index (χ0) is 22.7. The van der Waals surface area contributed by atoms with Crippen molar-refractivity contribution in [2.45, 2.75) is 19.8 Å². The average Bonchev–Trinajstić information content (AvgIpc) is 3.26. The van der Waals surface area contributed by atoms with Crippen molar-refractivity contribution in [1.82, 2.24) is 4.90 Å². The molecule has 166 valence electrons. The lowest BCUT2D eigenvalue weighted by molar-refractivity contribution is -0.148. The molecular formula is C26H27NO5. The minimum atomic E-state index is -0.198. The van der Waals surface area contributed by atoms with Crippen molar-refractivity contribution >= 4 is 28.4 Å². The van der Waals surface area contributed by atoms with Crippen LogP contribution in [0.15, 0.2) is 59.2 Å². The van der Waals surface area contributed by atoms with E-state index in [9.17, 15) is 9.59 Å². The second-order valence-corrected chi connectivity index (χ2v) is 8.01. The Balaban J connectivity index is 1.61. The largest absolute Gasteiger partial charge is 0.496 e. The first kappa shape index (κ1) is 21.7. The number of carbonyl (C=O) groups is 2. The number of furan rings is 1. The third kappa shape index (κ3) is 4.26. The molecule has 1 amide bonds. The Morgan fingerprint density at radius 1 is 1.09 bits per heavy atom. The number of hydrogen-bond donors (Lipinski definition) is 0. The molecule has 6 nitrogen and oxygen atoms in total. The molecule has 0 unspecified atom stereocenters. The van der Waals surface area contributed by atoms with Gasteiger partial charge in [-0.15, -0.1) is 0 Å². The summed E-state index contributed by atoms with van der Waals surface area (Å²) in [5.74, 6) is 0.256. The van der Waals surface area contributed by atoms with Gasteiger partial charge in [0, 0.05) is 41.7 Å². The Morgan fingerprint density at radius 2 is 1.81 bits per heavy atom. The number of rotatable bonds is 5. The van der Waals surface area contributed by atoms with E-state index in [2.05, 4.69) is 0 Å². The van der Waals surface area contributed by atoms with Crippen molar-refractivity contribution in [3.05, 3.63) is 60.4 Å². The Hall–Kier alpha value is -3.54. The summed E-state index contributed by atoms with van der Waals surface area (Å²) in [6.07, 6.45) is 4.63. The number of hydrogen-bond acceptors (Lipinski definition) is 5. The van der Waals surface area contributed by atoms with E-state index in [0.717, 1.165) is 33.2 Å². The normalized spacial score (nSPS) is 15.1. The lowest BCUT2D eigenvalue weighted by atomic mass is 9.96. The van der Waals surface area contributed by atoms with Gasteiger partial charge in [0.1, 0.15) is 11.3 Å². The molecular weight excluding hydrogens is 406 g/mol. The number of benzene rings is 2. The van der Waals surface area contributed by atoms with Gasteiger partial charge in [-0.25, -0.2) is 0 Å². The van der Waals surface area contributed by atoms with Gasteiger partial charge in [-0.1, -0.05) is 30.3 Å². The smallest absolute Gasteiger partial charge is 0.308 e. The maximum absolute atomic E-state index is 12.9. The van der Waals surface area contributed by atoms with Crippen LogP contribution in [0.5, 0.6) is 5.75 Å². The van der Waals surface area contributed by atoms with E-state index < -0.39 is 0 Å². The molecule has 3 aromatic rings. The molecule has 0 bridgehead atoms. The van der Waals surface area contributed by atoms with Crippen LogP contribution in [0.3, 0.4) is 0 Å². The lowest BCUT2D eigenvalue weighted by Crippen LogP contribution is -2.39. The standard InChI is InChI=1S/C26H27NO5/c1-17(13-25(28)27-11-9-19(10-12-27)26(29)31-3)20-14-21-22(18-7-5-4-6-8-18)16-32-24(21)15-23(20)30-2/h4-8,13-16,19H,9-12H2,1-3H3/b17-13+. The molecule has 0 radical (unpaired) electrons. The van der Waals surface area contributed by atoms with Crippen molar-refractivity contribution in [1.29, 1.82) is 0 Å². The van der Waals surface area contributed by atoms with Crippen molar-refractivity contribution in [3.63, 3.8) is 0 Å². The van der Waals surface area contributed by atoms with E-state index >= 15 is 0 Å². The van der Waals surface area contributed by atoms with E-state index in [4.69, 9.17) is 13.9 Å². The van der Waals surface area contributed by atoms with Crippen LogP contribution in [0.4, 0.5) is 0 Å². The minimum absolute atomic E-state index is 0.0663. The molecule has 4 rings (SSSR count). The maximum Gasteiger partial charge on any atom is 0.308 e. The second kappa shape index (κ2) is 9.30. The van der Waals surface area contributed by atoms with Crippen LogP contribution in [0.1, 0.15) is 25.3 Å². The Labute approximate surface area is 187 Å². The lowest BCUT2D eigenvalue weighted by Gasteiger charge is -2.30. The summed E-state index contributed by atoms with van der Waals surface area (Å²) >= 11 is 0. The first-order chi connectivity index (χ1) is 15.5. The molecule has 0 aliphatic carbocycles. The number of ether oxygens (including phenoxy) is 2. The van der Waals surface area contributed by atoms with Gasteiger partial charge in [0.05, 0.1) is 26.4 Å². The van der Waals surface area contributed by atoms with Crippen LogP contribution in [-0.2, 0) is 14.3 Å². The van der Waals surface area contributed by atoms with Crippen LogP contribution in [0.2, 0.25) is 0 Å². The molecule has 1 fully saturated rings. The van der Waals surface area contributed by atoms with Crippen LogP contribution < -0.4 is 4.74 Å². The SMILES string of the molecule is COC(=O)C1CCN(C(=O)/C=C(\C)c2cc3c(-c4ccccc4)coc3cc2OC)CC1. The van der Waals surface area contributed by atoms with Crippen molar-refractivity contribution in [2.75, 3.05) is 27.3 Å². The summed E-state index contributed by atoms with van der Waals surface area (Å²) in [6, 6.07) is 13.9. The molecule has 1 aliphatic heterocycles. The summed E-state index contributed by atoms with van der Waals surface area (Å²) in [5, 5.41) is 0.964. The van der Waals surface area contributed by atoms with E-state index in [1.54, 1.807) is 24.3 Å². The highest BCUT2D eigenvalue weighted by Gasteiger charge is 2.27. The van der Waals surface area contributed by atoms with Crippen LogP contribution >= 0.6 is 0 Å².